The van der Waals surface area contributed by atoms with Crippen LogP contribution in [0.4, 0.5) is 13.2 Å². The number of pyridine rings is 1. The van der Waals surface area contributed by atoms with Crippen LogP contribution in [-0.4, -0.2) is 20.5 Å². The number of aromatic carboxylic acids is 1. The molecule has 0 fully saturated rings. The predicted molar refractivity (Wildman–Crippen MR) is 51.9 cm³/mol. The van der Waals surface area contributed by atoms with Crippen LogP contribution in [0, 0.1) is 6.92 Å². The van der Waals surface area contributed by atoms with Crippen molar-refractivity contribution in [2.24, 2.45) is 0 Å². The van der Waals surface area contributed by atoms with Crippen molar-refractivity contribution < 1.29 is 23.1 Å². The summed E-state index contributed by atoms with van der Waals surface area (Å²) in [5.41, 5.74) is -1.58. The molecule has 0 saturated heterocycles. The number of aromatic nitrogens is 2. The topological polar surface area (TPSA) is 54.6 Å². The number of nitrogens with zero attached hydrogens (tertiary/aromatic N) is 2. The second-order valence-electron chi connectivity index (χ2n) is 3.54. The maximum absolute atomic E-state index is 12.6. The van der Waals surface area contributed by atoms with Gasteiger partial charge in [-0.2, -0.15) is 13.2 Å². The molecule has 7 heteroatoms. The lowest BCUT2D eigenvalue weighted by atomic mass is 10.3. The highest BCUT2D eigenvalue weighted by Gasteiger charge is 2.40. The summed E-state index contributed by atoms with van der Waals surface area (Å²) < 4.78 is 38.7. The van der Waals surface area contributed by atoms with E-state index in [0.717, 1.165) is 4.40 Å². The minimum atomic E-state index is -4.78. The van der Waals surface area contributed by atoms with Crippen LogP contribution in [0.3, 0.4) is 0 Å². The van der Waals surface area contributed by atoms with Gasteiger partial charge in [0.15, 0.2) is 11.4 Å². The molecule has 0 aliphatic heterocycles. The van der Waals surface area contributed by atoms with Crippen molar-refractivity contribution in [1.29, 1.82) is 0 Å². The zero-order valence-corrected chi connectivity index (χ0v) is 8.62. The third-order valence-electron chi connectivity index (χ3n) is 2.25. The van der Waals surface area contributed by atoms with Crippen molar-refractivity contribution in [1.82, 2.24) is 9.38 Å². The molecule has 2 aromatic heterocycles. The summed E-state index contributed by atoms with van der Waals surface area (Å²) in [6.07, 6.45) is -3.52. The van der Waals surface area contributed by atoms with E-state index in [1.54, 1.807) is 6.92 Å². The van der Waals surface area contributed by atoms with Crippen molar-refractivity contribution >= 4 is 11.6 Å². The van der Waals surface area contributed by atoms with E-state index in [1.807, 2.05) is 0 Å². The van der Waals surface area contributed by atoms with Crippen molar-refractivity contribution in [3.8, 4) is 0 Å². The molecule has 0 bridgehead atoms. The Hall–Kier alpha value is -2.05. The molecule has 4 nitrogen and oxygen atoms in total. The number of aryl methyl sites for hydroxylation is 1. The summed E-state index contributed by atoms with van der Waals surface area (Å²) >= 11 is 0. The summed E-state index contributed by atoms with van der Waals surface area (Å²) in [6, 6.07) is 2.91. The first kappa shape index (κ1) is 11.4. The fourth-order valence-corrected chi connectivity index (χ4v) is 1.55. The second kappa shape index (κ2) is 3.47. The number of rotatable bonds is 1. The fraction of sp³-hybridized carbons (Fsp3) is 0.200. The second-order valence-corrected chi connectivity index (χ2v) is 3.54. The van der Waals surface area contributed by atoms with Crippen LogP contribution in [-0.2, 0) is 6.18 Å². The average molecular weight is 244 g/mol. The lowest BCUT2D eigenvalue weighted by Crippen LogP contribution is -2.13. The van der Waals surface area contributed by atoms with Crippen molar-refractivity contribution in [2.75, 3.05) is 0 Å². The molecular formula is C10H7F3N2O2. The van der Waals surface area contributed by atoms with Crippen molar-refractivity contribution in [2.45, 2.75) is 13.1 Å². The molecule has 0 aromatic carbocycles. The third kappa shape index (κ3) is 1.83. The summed E-state index contributed by atoms with van der Waals surface area (Å²) in [4.78, 5) is 14.2. The zero-order chi connectivity index (χ0) is 12.8. The normalized spacial score (nSPS) is 12.0. The van der Waals surface area contributed by atoms with Gasteiger partial charge in [0.2, 0.25) is 0 Å². The first-order valence-corrected chi connectivity index (χ1v) is 4.60. The Balaban J connectivity index is 2.84. The van der Waals surface area contributed by atoms with Gasteiger partial charge < -0.3 is 5.11 Å². The molecule has 0 spiro atoms. The van der Waals surface area contributed by atoms with Crippen LogP contribution in [0.25, 0.3) is 5.65 Å². The van der Waals surface area contributed by atoms with E-state index in [2.05, 4.69) is 4.98 Å². The molecule has 0 saturated carbocycles. The van der Waals surface area contributed by atoms with Gasteiger partial charge in [0.05, 0.1) is 0 Å². The maximum atomic E-state index is 12.6. The molecule has 1 N–H and O–H groups in total. The maximum Gasteiger partial charge on any atom is 0.435 e. The summed E-state index contributed by atoms with van der Waals surface area (Å²) in [6.45, 7) is 1.68. The molecule has 0 aliphatic carbocycles. The Morgan fingerprint density at radius 2 is 2.12 bits per heavy atom. The van der Waals surface area contributed by atoms with E-state index < -0.39 is 23.5 Å². The molecule has 2 rings (SSSR count). The van der Waals surface area contributed by atoms with Crippen LogP contribution in [0.5, 0.6) is 0 Å². The summed E-state index contributed by atoms with van der Waals surface area (Å²) in [5, 5.41) is 8.82. The Kier molecular flexibility index (Phi) is 2.34. The van der Waals surface area contributed by atoms with E-state index in [9.17, 15) is 18.0 Å². The SMILES string of the molecule is Cc1ccn2c(C(=O)O)c(C(F)(F)F)nc2c1. The van der Waals surface area contributed by atoms with Gasteiger partial charge in [0.1, 0.15) is 5.65 Å². The van der Waals surface area contributed by atoms with Crippen LogP contribution in [0.15, 0.2) is 18.3 Å². The third-order valence-corrected chi connectivity index (χ3v) is 2.25. The molecule has 0 radical (unpaired) electrons. The molecule has 0 unspecified atom stereocenters. The number of imidazole rings is 1. The number of hydrogen-bond donors (Lipinski definition) is 1. The molecule has 17 heavy (non-hydrogen) atoms. The van der Waals surface area contributed by atoms with Crippen molar-refractivity contribution in [3.05, 3.63) is 35.3 Å². The number of carbonyl (C=O) groups is 1. The highest BCUT2D eigenvalue weighted by Crippen LogP contribution is 2.32. The molecule has 2 aromatic rings. The standard InChI is InChI=1S/C10H7F3N2O2/c1-5-2-3-15-6(4-5)14-8(10(11,12)13)7(15)9(16)17/h2-4H,1H3,(H,16,17). The molecule has 0 aliphatic rings. The van der Waals surface area contributed by atoms with Crippen LogP contribution < -0.4 is 0 Å². The van der Waals surface area contributed by atoms with E-state index in [-0.39, 0.29) is 5.65 Å². The van der Waals surface area contributed by atoms with Gasteiger partial charge in [0.25, 0.3) is 0 Å². The van der Waals surface area contributed by atoms with Crippen LogP contribution in [0.1, 0.15) is 21.7 Å². The number of hydrogen-bond acceptors (Lipinski definition) is 2. The Labute approximate surface area is 93.3 Å². The Morgan fingerprint density at radius 1 is 1.47 bits per heavy atom. The Bertz CT molecular complexity index is 601. The van der Waals surface area contributed by atoms with Gasteiger partial charge in [-0.3, -0.25) is 4.40 Å². The smallest absolute Gasteiger partial charge is 0.435 e. The first-order chi connectivity index (χ1) is 7.80. The van der Waals surface area contributed by atoms with E-state index in [0.29, 0.717) is 5.56 Å². The number of carboxylic acid groups (broad SMARTS) is 1. The molecule has 0 amide bonds. The average Bonchev–Trinajstić information content (AvgIpc) is 2.55. The minimum Gasteiger partial charge on any atom is -0.476 e. The van der Waals surface area contributed by atoms with E-state index in [1.165, 1.54) is 18.3 Å². The van der Waals surface area contributed by atoms with Gasteiger partial charge >= 0.3 is 12.1 Å². The van der Waals surface area contributed by atoms with E-state index in [4.69, 9.17) is 5.11 Å². The largest absolute Gasteiger partial charge is 0.476 e. The van der Waals surface area contributed by atoms with E-state index >= 15 is 0 Å². The summed E-state index contributed by atoms with van der Waals surface area (Å²) in [5.74, 6) is -1.66. The van der Waals surface area contributed by atoms with Gasteiger partial charge in [-0.1, -0.05) is 0 Å². The first-order valence-electron chi connectivity index (χ1n) is 4.60. The highest BCUT2D eigenvalue weighted by molar-refractivity contribution is 5.88. The fourth-order valence-electron chi connectivity index (χ4n) is 1.55. The molecule has 90 valence electrons. The molecule has 2 heterocycles. The van der Waals surface area contributed by atoms with Crippen molar-refractivity contribution in [3.63, 3.8) is 0 Å². The van der Waals surface area contributed by atoms with Crippen LogP contribution in [0.2, 0.25) is 0 Å². The number of fused-ring (bicyclic) bond motifs is 1. The quantitative estimate of drug-likeness (QED) is 0.837. The highest BCUT2D eigenvalue weighted by atomic mass is 19.4. The predicted octanol–water partition coefficient (Wildman–Crippen LogP) is 2.36. The number of carboxylic acids is 1. The zero-order valence-electron chi connectivity index (χ0n) is 8.62. The lowest BCUT2D eigenvalue weighted by molar-refractivity contribution is -0.141. The Morgan fingerprint density at radius 3 is 2.65 bits per heavy atom. The van der Waals surface area contributed by atoms with Gasteiger partial charge in [-0.25, -0.2) is 9.78 Å². The monoisotopic (exact) mass is 244 g/mol. The van der Waals surface area contributed by atoms with Gasteiger partial charge in [-0.05, 0) is 24.6 Å². The molecular weight excluding hydrogens is 237 g/mol. The number of alkyl halides is 3. The van der Waals surface area contributed by atoms with Gasteiger partial charge in [0, 0.05) is 6.20 Å². The minimum absolute atomic E-state index is 0.0327. The lowest BCUT2D eigenvalue weighted by Gasteiger charge is -2.03. The molecule has 0 atom stereocenters. The summed E-state index contributed by atoms with van der Waals surface area (Å²) in [7, 11) is 0. The van der Waals surface area contributed by atoms with Crippen LogP contribution >= 0.6 is 0 Å². The van der Waals surface area contributed by atoms with Gasteiger partial charge in [-0.15, -0.1) is 0 Å². The number of halogens is 3.